The Bertz CT molecular complexity index is 1320. The van der Waals surface area contributed by atoms with Crippen molar-refractivity contribution in [3.05, 3.63) is 62.4 Å². The average molecular weight is 464 g/mol. The molecule has 34 heavy (non-hydrogen) atoms. The van der Waals surface area contributed by atoms with Gasteiger partial charge in [-0.3, -0.25) is 24.1 Å². The highest BCUT2D eigenvalue weighted by atomic mass is 16.2. The quantitative estimate of drug-likeness (QED) is 0.497. The topological polar surface area (TPSA) is 114 Å². The molecule has 1 saturated carbocycles. The summed E-state index contributed by atoms with van der Waals surface area (Å²) in [6.07, 6.45) is 4.39. The summed E-state index contributed by atoms with van der Waals surface area (Å²) in [7, 11) is 0. The molecule has 2 aromatic heterocycles. The number of aromatic nitrogens is 3. The maximum atomic E-state index is 14.1. The van der Waals surface area contributed by atoms with Gasteiger partial charge in [-0.25, -0.2) is 4.79 Å². The molecule has 1 aromatic carbocycles. The standard InChI is InChI=1S/C26H33N5O3/c1-4-5-13-31-23(27)22(24(32)29-26(31)34)30(14-12-16(2)3)25(33)19-15-21(17-10-11-17)28-20-9-7-6-8-18(19)20/h6-9,15-17H,4-5,10-14,27H2,1-3H3,(H,29,32,34). The van der Waals surface area contributed by atoms with Crippen molar-refractivity contribution in [2.45, 2.75) is 65.3 Å². The van der Waals surface area contributed by atoms with E-state index in [1.165, 1.54) is 9.47 Å². The van der Waals surface area contributed by atoms with E-state index < -0.39 is 11.2 Å². The predicted octanol–water partition coefficient (Wildman–Crippen LogP) is 4.04. The van der Waals surface area contributed by atoms with Crippen molar-refractivity contribution in [1.82, 2.24) is 14.5 Å². The van der Waals surface area contributed by atoms with E-state index >= 15 is 0 Å². The zero-order valence-corrected chi connectivity index (χ0v) is 20.1. The smallest absolute Gasteiger partial charge is 0.330 e. The molecule has 3 N–H and O–H groups in total. The van der Waals surface area contributed by atoms with E-state index in [-0.39, 0.29) is 17.4 Å². The van der Waals surface area contributed by atoms with Crippen LogP contribution in [0.25, 0.3) is 10.9 Å². The number of fused-ring (bicyclic) bond motifs is 1. The van der Waals surface area contributed by atoms with Crippen LogP contribution in [0.4, 0.5) is 11.5 Å². The Kier molecular flexibility index (Phi) is 6.86. The van der Waals surface area contributed by atoms with Gasteiger partial charge >= 0.3 is 5.69 Å². The van der Waals surface area contributed by atoms with Crippen molar-refractivity contribution in [2.24, 2.45) is 5.92 Å². The number of nitrogens with one attached hydrogen (secondary N) is 1. The van der Waals surface area contributed by atoms with Crippen molar-refractivity contribution in [3.63, 3.8) is 0 Å². The van der Waals surface area contributed by atoms with Gasteiger partial charge in [-0.2, -0.15) is 0 Å². The third kappa shape index (κ3) is 4.76. The van der Waals surface area contributed by atoms with Crippen LogP contribution < -0.4 is 21.9 Å². The molecule has 0 bridgehead atoms. The van der Waals surface area contributed by atoms with Crippen LogP contribution in [-0.2, 0) is 6.54 Å². The van der Waals surface area contributed by atoms with Gasteiger partial charge in [0.2, 0.25) is 0 Å². The number of rotatable bonds is 9. The first-order chi connectivity index (χ1) is 16.3. The largest absolute Gasteiger partial charge is 0.383 e. The van der Waals surface area contributed by atoms with Gasteiger partial charge in [0, 0.05) is 30.1 Å². The van der Waals surface area contributed by atoms with Gasteiger partial charge in [0.05, 0.1) is 11.1 Å². The molecule has 1 amide bonds. The van der Waals surface area contributed by atoms with E-state index in [0.717, 1.165) is 42.3 Å². The lowest BCUT2D eigenvalue weighted by molar-refractivity contribution is 0.0987. The number of carbonyl (C=O) groups is 1. The molecule has 180 valence electrons. The van der Waals surface area contributed by atoms with Crippen molar-refractivity contribution in [1.29, 1.82) is 0 Å². The molecular formula is C26H33N5O3. The van der Waals surface area contributed by atoms with Gasteiger partial charge in [-0.05, 0) is 43.7 Å². The van der Waals surface area contributed by atoms with E-state index in [9.17, 15) is 14.4 Å². The number of nitrogens with zero attached hydrogens (tertiary/aromatic N) is 3. The highest BCUT2D eigenvalue weighted by Crippen LogP contribution is 2.40. The summed E-state index contributed by atoms with van der Waals surface area (Å²) in [4.78, 5) is 48.2. The number of nitrogen functional groups attached to an aromatic ring is 1. The fraction of sp³-hybridized carbons (Fsp3) is 0.462. The van der Waals surface area contributed by atoms with E-state index in [1.807, 2.05) is 37.3 Å². The van der Waals surface area contributed by atoms with Crippen LogP contribution in [0, 0.1) is 5.92 Å². The summed E-state index contributed by atoms with van der Waals surface area (Å²) in [5, 5.41) is 0.737. The first-order valence-corrected chi connectivity index (χ1v) is 12.2. The van der Waals surface area contributed by atoms with Gasteiger partial charge < -0.3 is 10.6 Å². The Morgan fingerprint density at radius 1 is 1.26 bits per heavy atom. The maximum absolute atomic E-state index is 14.1. The minimum atomic E-state index is -0.645. The fourth-order valence-electron chi connectivity index (χ4n) is 4.19. The Morgan fingerprint density at radius 2 is 2.00 bits per heavy atom. The number of aromatic amines is 1. The number of anilines is 2. The number of unbranched alkanes of at least 4 members (excludes halogenated alkanes) is 1. The van der Waals surface area contributed by atoms with E-state index in [1.54, 1.807) is 0 Å². The zero-order chi connectivity index (χ0) is 24.4. The number of pyridine rings is 1. The van der Waals surface area contributed by atoms with Gasteiger partial charge in [-0.15, -0.1) is 0 Å². The summed E-state index contributed by atoms with van der Waals surface area (Å²) in [6.45, 7) is 6.82. The lowest BCUT2D eigenvalue weighted by atomic mass is 10.0. The summed E-state index contributed by atoms with van der Waals surface area (Å²) in [5.74, 6) is 0.390. The first-order valence-electron chi connectivity index (χ1n) is 12.2. The third-order valence-corrected chi connectivity index (χ3v) is 6.36. The molecule has 8 heteroatoms. The summed E-state index contributed by atoms with van der Waals surface area (Å²) in [6, 6.07) is 9.43. The Labute approximate surface area is 198 Å². The second-order valence-electron chi connectivity index (χ2n) is 9.52. The summed E-state index contributed by atoms with van der Waals surface area (Å²) >= 11 is 0. The second-order valence-corrected chi connectivity index (χ2v) is 9.52. The number of hydrogen-bond donors (Lipinski definition) is 2. The molecule has 0 aliphatic heterocycles. The first kappa shape index (κ1) is 23.7. The predicted molar refractivity (Wildman–Crippen MR) is 135 cm³/mol. The Morgan fingerprint density at radius 3 is 2.68 bits per heavy atom. The Balaban J connectivity index is 1.87. The molecule has 3 aromatic rings. The minimum Gasteiger partial charge on any atom is -0.383 e. The molecular weight excluding hydrogens is 430 g/mol. The lowest BCUT2D eigenvalue weighted by Crippen LogP contribution is -2.42. The number of H-pyrrole nitrogens is 1. The van der Waals surface area contributed by atoms with E-state index in [0.29, 0.717) is 36.9 Å². The molecule has 1 aliphatic rings. The average Bonchev–Trinajstić information content (AvgIpc) is 3.65. The number of benzene rings is 1. The number of amides is 1. The SMILES string of the molecule is CCCCn1c(N)c(N(CCC(C)C)C(=O)c2cc(C3CC3)nc3ccccc23)c(=O)[nH]c1=O. The number of carbonyl (C=O) groups excluding carboxylic acids is 1. The molecule has 4 rings (SSSR count). The van der Waals surface area contributed by atoms with Crippen LogP contribution >= 0.6 is 0 Å². The highest BCUT2D eigenvalue weighted by molar-refractivity contribution is 6.14. The lowest BCUT2D eigenvalue weighted by Gasteiger charge is -2.26. The third-order valence-electron chi connectivity index (χ3n) is 6.36. The van der Waals surface area contributed by atoms with Crippen molar-refractivity contribution >= 4 is 28.3 Å². The summed E-state index contributed by atoms with van der Waals surface area (Å²) in [5.41, 5.74) is 7.39. The van der Waals surface area contributed by atoms with Gasteiger partial charge in [0.25, 0.3) is 11.5 Å². The molecule has 1 aliphatic carbocycles. The molecule has 1 fully saturated rings. The number of para-hydroxylation sites is 1. The van der Waals surface area contributed by atoms with Crippen LogP contribution in [0.1, 0.15) is 74.8 Å². The van der Waals surface area contributed by atoms with Crippen LogP contribution in [0.3, 0.4) is 0 Å². The van der Waals surface area contributed by atoms with Crippen LogP contribution in [0.5, 0.6) is 0 Å². The van der Waals surface area contributed by atoms with Gasteiger partial charge in [0.15, 0.2) is 5.69 Å². The fourth-order valence-corrected chi connectivity index (χ4v) is 4.19. The molecule has 8 nitrogen and oxygen atoms in total. The maximum Gasteiger partial charge on any atom is 0.330 e. The van der Waals surface area contributed by atoms with Crippen LogP contribution in [0.2, 0.25) is 0 Å². The Hall–Kier alpha value is -3.42. The monoisotopic (exact) mass is 463 g/mol. The normalized spacial score (nSPS) is 13.5. The van der Waals surface area contributed by atoms with Crippen molar-refractivity contribution in [2.75, 3.05) is 17.2 Å². The minimum absolute atomic E-state index is 0.0279. The molecule has 0 saturated heterocycles. The highest BCUT2D eigenvalue weighted by Gasteiger charge is 2.30. The second kappa shape index (κ2) is 9.83. The molecule has 0 atom stereocenters. The van der Waals surface area contributed by atoms with Crippen LogP contribution in [0.15, 0.2) is 39.9 Å². The van der Waals surface area contributed by atoms with E-state index in [4.69, 9.17) is 10.7 Å². The van der Waals surface area contributed by atoms with Crippen molar-refractivity contribution in [3.8, 4) is 0 Å². The van der Waals surface area contributed by atoms with Gasteiger partial charge in [0.1, 0.15) is 5.82 Å². The number of nitrogens with two attached hydrogens (primary N) is 1. The molecule has 2 heterocycles. The summed E-state index contributed by atoms with van der Waals surface area (Å²) < 4.78 is 1.36. The molecule has 0 spiro atoms. The zero-order valence-electron chi connectivity index (χ0n) is 20.1. The molecule has 0 unspecified atom stereocenters. The van der Waals surface area contributed by atoms with E-state index in [2.05, 4.69) is 18.8 Å². The van der Waals surface area contributed by atoms with Crippen LogP contribution in [-0.4, -0.2) is 27.0 Å². The molecule has 0 radical (unpaired) electrons. The van der Waals surface area contributed by atoms with Crippen molar-refractivity contribution < 1.29 is 4.79 Å². The number of hydrogen-bond acceptors (Lipinski definition) is 5. The van der Waals surface area contributed by atoms with Gasteiger partial charge in [-0.1, -0.05) is 45.4 Å².